The van der Waals surface area contributed by atoms with Gasteiger partial charge in [0.25, 0.3) is 0 Å². The van der Waals surface area contributed by atoms with Crippen LogP contribution in [0.4, 0.5) is 0 Å². The largest absolute Gasteiger partial charge is 0.480 e. The first-order valence-electron chi connectivity index (χ1n) is 15.0. The van der Waals surface area contributed by atoms with E-state index >= 15 is 0 Å². The third kappa shape index (κ3) is 7.00. The molecule has 1 fully saturated rings. The molecule has 0 bridgehead atoms. The van der Waals surface area contributed by atoms with Crippen LogP contribution < -0.4 is 5.32 Å². The summed E-state index contributed by atoms with van der Waals surface area (Å²) in [4.78, 5) is 41.4. The molecule has 0 spiro atoms. The van der Waals surface area contributed by atoms with E-state index < -0.39 is 34.6 Å². The van der Waals surface area contributed by atoms with Crippen molar-refractivity contribution < 1.29 is 19.5 Å². The van der Waals surface area contributed by atoms with Crippen LogP contribution >= 0.6 is 11.8 Å². The Labute approximate surface area is 257 Å². The average Bonchev–Trinajstić information content (AvgIpc) is 3.60. The Morgan fingerprint density at radius 1 is 0.884 bits per heavy atom. The number of amides is 2. The van der Waals surface area contributed by atoms with Crippen molar-refractivity contribution in [1.82, 2.24) is 10.2 Å². The fraction of sp³-hybridized carbons (Fsp3) is 0.306. The van der Waals surface area contributed by atoms with Crippen molar-refractivity contribution in [3.8, 4) is 0 Å². The quantitative estimate of drug-likeness (QED) is 0.244. The summed E-state index contributed by atoms with van der Waals surface area (Å²) in [5.74, 6) is -1.70. The molecule has 3 aromatic carbocycles. The van der Waals surface area contributed by atoms with Gasteiger partial charge in [0.1, 0.15) is 6.04 Å². The number of thioether (sulfide) groups is 1. The smallest absolute Gasteiger partial charge is 0.326 e. The van der Waals surface area contributed by atoms with Crippen molar-refractivity contribution >= 4 is 29.5 Å². The van der Waals surface area contributed by atoms with Gasteiger partial charge in [0, 0.05) is 12.2 Å². The summed E-state index contributed by atoms with van der Waals surface area (Å²) in [6, 6.07) is 28.9. The van der Waals surface area contributed by atoms with Gasteiger partial charge in [0.15, 0.2) is 0 Å². The van der Waals surface area contributed by atoms with Crippen molar-refractivity contribution in [2.24, 2.45) is 5.92 Å². The number of allylic oxidation sites excluding steroid dienone is 4. The van der Waals surface area contributed by atoms with E-state index in [0.29, 0.717) is 25.1 Å². The van der Waals surface area contributed by atoms with Crippen LogP contribution in [0.15, 0.2) is 115 Å². The van der Waals surface area contributed by atoms with Crippen LogP contribution in [0.1, 0.15) is 48.8 Å². The number of benzene rings is 3. The number of imide groups is 1. The number of carboxylic acids is 1. The molecule has 0 saturated carbocycles. The highest BCUT2D eigenvalue weighted by molar-refractivity contribution is 8.00. The SMILES string of the molecule is O=C(O)[C@H](CC1C=CC=CC1)N(C(=O)CCSC(c1ccccc1)(c1ccccc1)c1ccccc1)C(=O)[C@@H]1CCCN1. The van der Waals surface area contributed by atoms with Crippen molar-refractivity contribution in [1.29, 1.82) is 0 Å². The van der Waals surface area contributed by atoms with Gasteiger partial charge >= 0.3 is 5.97 Å². The average molecular weight is 595 g/mol. The first kappa shape index (κ1) is 30.5. The third-order valence-corrected chi connectivity index (χ3v) is 9.78. The Hall–Kier alpha value is -3.94. The maximum Gasteiger partial charge on any atom is 0.326 e. The molecule has 1 saturated heterocycles. The molecule has 1 aliphatic carbocycles. The van der Waals surface area contributed by atoms with Gasteiger partial charge in [-0.1, -0.05) is 115 Å². The monoisotopic (exact) mass is 594 g/mol. The predicted octanol–water partition coefficient (Wildman–Crippen LogP) is 6.18. The van der Waals surface area contributed by atoms with Crippen LogP contribution in [-0.2, 0) is 19.1 Å². The number of carbonyl (C=O) groups is 3. The second kappa shape index (κ2) is 14.5. The Bertz CT molecular complexity index is 1340. The maximum absolute atomic E-state index is 14.0. The number of nitrogens with zero attached hydrogens (tertiary/aromatic N) is 1. The number of hydrogen-bond donors (Lipinski definition) is 2. The highest BCUT2D eigenvalue weighted by Gasteiger charge is 2.41. The summed E-state index contributed by atoms with van der Waals surface area (Å²) in [5, 5.41) is 13.5. The zero-order valence-electron chi connectivity index (χ0n) is 24.2. The highest BCUT2D eigenvalue weighted by atomic mass is 32.2. The molecule has 2 aliphatic rings. The van der Waals surface area contributed by atoms with Crippen LogP contribution in [0, 0.1) is 5.92 Å². The van der Waals surface area contributed by atoms with Crippen LogP contribution in [0.5, 0.6) is 0 Å². The van der Waals surface area contributed by atoms with Gasteiger partial charge in [-0.2, -0.15) is 0 Å². The molecule has 0 aromatic heterocycles. The lowest BCUT2D eigenvalue weighted by molar-refractivity contribution is -0.159. The molecule has 3 aromatic rings. The predicted molar refractivity (Wildman–Crippen MR) is 172 cm³/mol. The molecule has 1 aliphatic heterocycles. The van der Waals surface area contributed by atoms with E-state index in [2.05, 4.69) is 41.7 Å². The molecule has 2 N–H and O–H groups in total. The fourth-order valence-corrected chi connectivity index (χ4v) is 7.60. The van der Waals surface area contributed by atoms with Gasteiger partial charge in [-0.3, -0.25) is 14.5 Å². The molecule has 7 heteroatoms. The number of nitrogens with one attached hydrogen (secondary N) is 1. The molecule has 43 heavy (non-hydrogen) atoms. The van der Waals surface area contributed by atoms with Crippen LogP contribution in [-0.4, -0.2) is 52.2 Å². The van der Waals surface area contributed by atoms with Gasteiger partial charge in [-0.05, 0) is 54.8 Å². The number of carboxylic acid groups (broad SMARTS) is 1. The van der Waals surface area contributed by atoms with Crippen molar-refractivity contribution in [2.75, 3.05) is 12.3 Å². The van der Waals surface area contributed by atoms with Gasteiger partial charge in [-0.25, -0.2) is 4.79 Å². The second-order valence-electron chi connectivity index (χ2n) is 11.0. The van der Waals surface area contributed by atoms with Crippen LogP contribution in [0.3, 0.4) is 0 Å². The lowest BCUT2D eigenvalue weighted by Crippen LogP contribution is -2.54. The van der Waals surface area contributed by atoms with E-state index in [9.17, 15) is 19.5 Å². The molecule has 1 heterocycles. The molecule has 1 unspecified atom stereocenters. The summed E-state index contributed by atoms with van der Waals surface area (Å²) < 4.78 is -0.614. The summed E-state index contributed by atoms with van der Waals surface area (Å²) in [6.45, 7) is 0.677. The first-order valence-corrected chi connectivity index (χ1v) is 15.9. The van der Waals surface area contributed by atoms with Crippen molar-refractivity contribution in [3.05, 3.63) is 132 Å². The van der Waals surface area contributed by atoms with E-state index in [4.69, 9.17) is 0 Å². The minimum Gasteiger partial charge on any atom is -0.480 e. The third-order valence-electron chi connectivity index (χ3n) is 8.23. The minimum absolute atomic E-state index is 0.0293. The molecule has 6 nitrogen and oxygen atoms in total. The lowest BCUT2D eigenvalue weighted by atomic mass is 9.84. The van der Waals surface area contributed by atoms with Crippen molar-refractivity contribution in [2.45, 2.75) is 48.9 Å². The zero-order valence-corrected chi connectivity index (χ0v) is 25.0. The minimum atomic E-state index is -1.23. The Morgan fingerprint density at radius 2 is 1.47 bits per heavy atom. The second-order valence-corrected chi connectivity index (χ2v) is 12.3. The topological polar surface area (TPSA) is 86.7 Å². The van der Waals surface area contributed by atoms with Crippen LogP contribution in [0.2, 0.25) is 0 Å². The number of aliphatic carboxylic acids is 1. The standard InChI is InChI=1S/C36H38N2O4S/c39-33(38(34(40)31-22-13-24-37-31)32(35(41)42)26-27-14-5-1-6-15-27)23-25-43-36(28-16-7-2-8-17-28,29-18-9-3-10-19-29)30-20-11-4-12-21-30/h1-12,14,16-21,27,31-32,37H,13,15,22-26H2,(H,41,42)/t27?,31-,32-/m0/s1. The Morgan fingerprint density at radius 3 is 1.93 bits per heavy atom. The zero-order chi connectivity index (χ0) is 30.1. The summed E-state index contributed by atoms with van der Waals surface area (Å²) in [6.07, 6.45) is 10.1. The fourth-order valence-electron chi connectivity index (χ4n) is 6.10. The van der Waals surface area contributed by atoms with E-state index in [1.54, 1.807) is 11.8 Å². The van der Waals surface area contributed by atoms with E-state index in [1.807, 2.05) is 78.9 Å². The maximum atomic E-state index is 14.0. The molecule has 3 atom stereocenters. The van der Waals surface area contributed by atoms with Crippen molar-refractivity contribution in [3.63, 3.8) is 0 Å². The van der Waals surface area contributed by atoms with Gasteiger partial charge in [-0.15, -0.1) is 11.8 Å². The van der Waals surface area contributed by atoms with E-state index in [1.165, 1.54) is 0 Å². The molecule has 222 valence electrons. The summed E-state index contributed by atoms with van der Waals surface area (Å²) in [7, 11) is 0. The number of hydrogen-bond acceptors (Lipinski definition) is 5. The molecule has 0 radical (unpaired) electrons. The highest BCUT2D eigenvalue weighted by Crippen LogP contribution is 2.48. The summed E-state index contributed by atoms with van der Waals surface area (Å²) >= 11 is 1.63. The van der Waals surface area contributed by atoms with Gasteiger partial charge in [0.2, 0.25) is 11.8 Å². The van der Waals surface area contributed by atoms with Crippen LogP contribution in [0.25, 0.3) is 0 Å². The molecule has 2 amide bonds. The Kier molecular flexibility index (Phi) is 10.3. The first-order chi connectivity index (χ1) is 21.0. The lowest BCUT2D eigenvalue weighted by Gasteiger charge is -2.36. The summed E-state index contributed by atoms with van der Waals surface area (Å²) in [5.41, 5.74) is 3.23. The molecular formula is C36H38N2O4S. The normalized spacial score (nSPS) is 18.7. The molecule has 5 rings (SSSR count). The number of rotatable bonds is 12. The van der Waals surface area contributed by atoms with E-state index in [0.717, 1.165) is 28.0 Å². The number of carbonyl (C=O) groups excluding carboxylic acids is 2. The molecular weight excluding hydrogens is 556 g/mol. The Balaban J connectivity index is 1.45. The van der Waals surface area contributed by atoms with E-state index in [-0.39, 0.29) is 18.8 Å². The van der Waals surface area contributed by atoms with Gasteiger partial charge in [0.05, 0.1) is 10.8 Å². The van der Waals surface area contributed by atoms with Gasteiger partial charge < -0.3 is 10.4 Å².